The van der Waals surface area contributed by atoms with E-state index in [1.807, 2.05) is 13.0 Å². The van der Waals surface area contributed by atoms with Gasteiger partial charge in [0.15, 0.2) is 11.5 Å². The molecule has 3 aromatic rings. The first-order chi connectivity index (χ1) is 13.1. The molecule has 6 nitrogen and oxygen atoms in total. The minimum absolute atomic E-state index is 0.136. The second kappa shape index (κ2) is 8.92. The third kappa shape index (κ3) is 5.02. The first-order valence-electron chi connectivity index (χ1n) is 8.17. The van der Waals surface area contributed by atoms with Crippen molar-refractivity contribution in [2.75, 3.05) is 12.0 Å². The van der Waals surface area contributed by atoms with Crippen LogP contribution in [0.1, 0.15) is 18.1 Å². The van der Waals surface area contributed by atoms with Crippen LogP contribution in [0, 0.1) is 5.82 Å². The van der Waals surface area contributed by atoms with Gasteiger partial charge in [0.05, 0.1) is 23.2 Å². The van der Waals surface area contributed by atoms with E-state index in [2.05, 4.69) is 15.6 Å². The Labute approximate surface area is 165 Å². The lowest BCUT2D eigenvalue weighted by molar-refractivity contribution is 0.269. The van der Waals surface area contributed by atoms with Gasteiger partial charge in [-0.25, -0.2) is 9.07 Å². The summed E-state index contributed by atoms with van der Waals surface area (Å²) >= 11 is 12.5. The highest BCUT2D eigenvalue weighted by molar-refractivity contribution is 6.32. The Balaban J connectivity index is 1.76. The number of aromatic nitrogens is 3. The minimum Gasteiger partial charge on any atom is -0.490 e. The molecule has 0 aliphatic carbocycles. The zero-order chi connectivity index (χ0) is 19.2. The summed E-state index contributed by atoms with van der Waals surface area (Å²) in [6.07, 6.45) is 3.10. The van der Waals surface area contributed by atoms with Crippen molar-refractivity contribution in [2.24, 2.45) is 0 Å². The summed E-state index contributed by atoms with van der Waals surface area (Å²) in [6.45, 7) is 2.95. The Morgan fingerprint density at radius 3 is 2.56 bits per heavy atom. The number of hydrogen-bond donors (Lipinski definition) is 1. The summed E-state index contributed by atoms with van der Waals surface area (Å²) in [5.74, 6) is 0.525. The number of rotatable bonds is 8. The van der Waals surface area contributed by atoms with Gasteiger partial charge in [0.25, 0.3) is 0 Å². The van der Waals surface area contributed by atoms with Crippen LogP contribution in [-0.4, -0.2) is 21.5 Å². The van der Waals surface area contributed by atoms with E-state index in [-0.39, 0.29) is 6.61 Å². The largest absolute Gasteiger partial charge is 0.490 e. The molecule has 1 heterocycles. The molecule has 27 heavy (non-hydrogen) atoms. The molecule has 0 radical (unpaired) electrons. The fourth-order valence-electron chi connectivity index (χ4n) is 2.38. The molecular weight excluding hydrogens is 394 g/mol. The number of nitrogens with one attached hydrogen (secondary N) is 1. The van der Waals surface area contributed by atoms with Crippen molar-refractivity contribution >= 4 is 23.2 Å². The molecule has 2 aromatic carbocycles. The molecule has 0 fully saturated rings. The predicted molar refractivity (Wildman–Crippen MR) is 101 cm³/mol. The molecule has 0 amide bonds. The Morgan fingerprint density at radius 2 is 1.85 bits per heavy atom. The third-order valence-electron chi connectivity index (χ3n) is 3.64. The standard InChI is InChI=1S/C18H17Cl2FN4O2/c1-2-26-17-6-12(8-24-25-10-22-23-11-25)5-16(20)18(17)27-9-13-3-4-14(21)7-15(13)19/h3-7,10-11,24H,2,8-9H2,1H3. The van der Waals surface area contributed by atoms with Crippen LogP contribution in [-0.2, 0) is 13.2 Å². The molecule has 3 rings (SSSR count). The van der Waals surface area contributed by atoms with Gasteiger partial charge in [0, 0.05) is 5.56 Å². The van der Waals surface area contributed by atoms with E-state index >= 15 is 0 Å². The zero-order valence-corrected chi connectivity index (χ0v) is 16.0. The molecule has 0 bridgehead atoms. The SMILES string of the molecule is CCOc1cc(CNn2cnnc2)cc(Cl)c1OCc1ccc(F)cc1Cl. The fourth-order valence-corrected chi connectivity index (χ4v) is 2.89. The van der Waals surface area contributed by atoms with Crippen LogP contribution in [0.3, 0.4) is 0 Å². The van der Waals surface area contributed by atoms with Gasteiger partial charge in [-0.05, 0) is 36.8 Å². The Morgan fingerprint density at radius 1 is 1.07 bits per heavy atom. The van der Waals surface area contributed by atoms with Crippen LogP contribution < -0.4 is 14.9 Å². The van der Waals surface area contributed by atoms with Crippen molar-refractivity contribution in [1.82, 2.24) is 14.9 Å². The lowest BCUT2D eigenvalue weighted by Gasteiger charge is -2.16. The summed E-state index contributed by atoms with van der Waals surface area (Å²) in [4.78, 5) is 0. The van der Waals surface area contributed by atoms with E-state index in [1.54, 1.807) is 29.5 Å². The monoisotopic (exact) mass is 410 g/mol. The number of halogens is 3. The van der Waals surface area contributed by atoms with Crippen LogP contribution in [0.5, 0.6) is 11.5 Å². The normalized spacial score (nSPS) is 10.7. The van der Waals surface area contributed by atoms with Crippen molar-refractivity contribution < 1.29 is 13.9 Å². The molecule has 0 spiro atoms. The molecule has 1 aromatic heterocycles. The van der Waals surface area contributed by atoms with Crippen LogP contribution in [0.2, 0.25) is 10.0 Å². The van der Waals surface area contributed by atoms with Crippen molar-refractivity contribution in [3.8, 4) is 11.5 Å². The first kappa shape index (κ1) is 19.3. The number of benzene rings is 2. The summed E-state index contributed by atoms with van der Waals surface area (Å²) in [5.41, 5.74) is 4.65. The molecule has 0 saturated heterocycles. The molecule has 9 heteroatoms. The van der Waals surface area contributed by atoms with Gasteiger partial charge >= 0.3 is 0 Å². The second-order valence-electron chi connectivity index (χ2n) is 5.57. The molecule has 0 saturated carbocycles. The van der Waals surface area contributed by atoms with Gasteiger partial charge in [-0.3, -0.25) is 0 Å². The minimum atomic E-state index is -0.401. The smallest absolute Gasteiger partial charge is 0.180 e. The van der Waals surface area contributed by atoms with Crippen molar-refractivity contribution in [2.45, 2.75) is 20.1 Å². The third-order valence-corrected chi connectivity index (χ3v) is 4.27. The lowest BCUT2D eigenvalue weighted by Crippen LogP contribution is -2.12. The van der Waals surface area contributed by atoms with E-state index in [4.69, 9.17) is 32.7 Å². The number of nitrogens with zero attached hydrogens (tertiary/aromatic N) is 3. The molecule has 0 aliphatic rings. The molecule has 0 unspecified atom stereocenters. The Bertz CT molecular complexity index is 907. The summed E-state index contributed by atoms with van der Waals surface area (Å²) in [7, 11) is 0. The van der Waals surface area contributed by atoms with Crippen molar-refractivity contribution in [1.29, 1.82) is 0 Å². The molecule has 0 atom stereocenters. The zero-order valence-electron chi connectivity index (χ0n) is 14.5. The quantitative estimate of drug-likeness (QED) is 0.594. The van der Waals surface area contributed by atoms with Crippen LogP contribution >= 0.6 is 23.2 Å². The van der Waals surface area contributed by atoms with E-state index < -0.39 is 5.82 Å². The van der Waals surface area contributed by atoms with E-state index in [1.165, 1.54) is 12.1 Å². The maximum Gasteiger partial charge on any atom is 0.180 e. The van der Waals surface area contributed by atoms with Crippen molar-refractivity contribution in [3.05, 3.63) is 70.0 Å². The second-order valence-corrected chi connectivity index (χ2v) is 6.38. The van der Waals surface area contributed by atoms with Crippen LogP contribution in [0.25, 0.3) is 0 Å². The van der Waals surface area contributed by atoms with Gasteiger partial charge in [0.1, 0.15) is 25.1 Å². The topological polar surface area (TPSA) is 61.2 Å². The Kier molecular flexibility index (Phi) is 6.36. The van der Waals surface area contributed by atoms with Gasteiger partial charge in [-0.15, -0.1) is 10.2 Å². The average molecular weight is 411 g/mol. The molecule has 0 aliphatic heterocycles. The van der Waals surface area contributed by atoms with Gasteiger partial charge in [0.2, 0.25) is 0 Å². The van der Waals surface area contributed by atoms with E-state index in [9.17, 15) is 4.39 Å². The van der Waals surface area contributed by atoms with Crippen LogP contribution in [0.4, 0.5) is 4.39 Å². The first-order valence-corrected chi connectivity index (χ1v) is 8.93. The molecule has 142 valence electrons. The Hall–Kier alpha value is -2.51. The highest BCUT2D eigenvalue weighted by Crippen LogP contribution is 2.37. The van der Waals surface area contributed by atoms with E-state index in [0.29, 0.717) is 40.3 Å². The molecular formula is C18H17Cl2FN4O2. The molecule has 1 N–H and O–H groups in total. The number of hydrogen-bond acceptors (Lipinski definition) is 5. The van der Waals surface area contributed by atoms with Gasteiger partial charge in [-0.1, -0.05) is 29.3 Å². The lowest BCUT2D eigenvalue weighted by atomic mass is 10.2. The summed E-state index contributed by atoms with van der Waals surface area (Å²) in [6, 6.07) is 7.77. The fraction of sp³-hybridized carbons (Fsp3) is 0.222. The maximum absolute atomic E-state index is 13.2. The van der Waals surface area contributed by atoms with Crippen molar-refractivity contribution in [3.63, 3.8) is 0 Å². The average Bonchev–Trinajstić information content (AvgIpc) is 3.14. The highest BCUT2D eigenvalue weighted by Gasteiger charge is 2.14. The highest BCUT2D eigenvalue weighted by atomic mass is 35.5. The van der Waals surface area contributed by atoms with E-state index in [0.717, 1.165) is 5.56 Å². The predicted octanol–water partition coefficient (Wildman–Crippen LogP) is 4.45. The maximum atomic E-state index is 13.2. The summed E-state index contributed by atoms with van der Waals surface area (Å²) < 4.78 is 26.3. The number of ether oxygens (including phenoxy) is 2. The van der Waals surface area contributed by atoms with Gasteiger partial charge in [-0.2, -0.15) is 0 Å². The van der Waals surface area contributed by atoms with Crippen LogP contribution in [0.15, 0.2) is 43.0 Å². The summed E-state index contributed by atoms with van der Waals surface area (Å²) in [5, 5.41) is 8.14. The van der Waals surface area contributed by atoms with Gasteiger partial charge < -0.3 is 14.9 Å².